The lowest BCUT2D eigenvalue weighted by Crippen LogP contribution is -2.42. The van der Waals surface area contributed by atoms with Crippen LogP contribution in [0.2, 0.25) is 0 Å². The molecule has 0 bridgehead atoms. The van der Waals surface area contributed by atoms with Gasteiger partial charge in [-0.1, -0.05) is 30.3 Å². The summed E-state index contributed by atoms with van der Waals surface area (Å²) in [6.07, 6.45) is 5.21. The number of H-pyrrole nitrogens is 1. The van der Waals surface area contributed by atoms with Gasteiger partial charge in [-0.3, -0.25) is 5.41 Å². The third-order valence-corrected chi connectivity index (χ3v) is 4.82. The van der Waals surface area contributed by atoms with Crippen molar-refractivity contribution in [1.82, 2.24) is 14.9 Å². The van der Waals surface area contributed by atoms with Crippen molar-refractivity contribution in [3.8, 4) is 0 Å². The maximum absolute atomic E-state index is 13.4. The summed E-state index contributed by atoms with van der Waals surface area (Å²) in [5.41, 5.74) is 9.00. The van der Waals surface area contributed by atoms with Crippen LogP contribution in [0.3, 0.4) is 0 Å². The topological polar surface area (TPSA) is 85.0 Å². The Labute approximate surface area is 170 Å². The van der Waals surface area contributed by atoms with Crippen LogP contribution in [0, 0.1) is 11.2 Å². The first kappa shape index (κ1) is 20.4. The number of nitrogens with two attached hydrogens (primary N) is 1. The summed E-state index contributed by atoms with van der Waals surface area (Å²) in [6, 6.07) is 16.7. The number of benzene rings is 2. The normalized spacial score (nSPS) is 10.7. The highest BCUT2D eigenvalue weighted by Crippen LogP contribution is 2.18. The van der Waals surface area contributed by atoms with Gasteiger partial charge in [-0.05, 0) is 42.7 Å². The zero-order valence-corrected chi connectivity index (χ0v) is 16.4. The van der Waals surface area contributed by atoms with Gasteiger partial charge in [0.15, 0.2) is 5.96 Å². The molecule has 1 aromatic heterocycles. The van der Waals surface area contributed by atoms with Gasteiger partial charge in [-0.25, -0.2) is 9.37 Å². The highest BCUT2D eigenvalue weighted by molar-refractivity contribution is 5.74. The summed E-state index contributed by atoms with van der Waals surface area (Å²) in [4.78, 5) is 11.2. The molecule has 0 aliphatic heterocycles. The average molecular weight is 394 g/mol. The molecular weight excluding hydrogens is 367 g/mol. The minimum absolute atomic E-state index is 0.0633. The molecule has 4 N–H and O–H groups in total. The predicted molar refractivity (Wildman–Crippen MR) is 114 cm³/mol. The Kier molecular flexibility index (Phi) is 7.22. The standard InChI is InChI=1S/C22H27FN6/c23-19-8-10-21(11-9-19)29(16-18-5-2-1-3-6-18)14-13-28(22(24)25)12-4-7-20-15-26-17-27-20/h1-3,5-6,8-11,15,17H,4,7,12-14,16H2,(H3,24,25)(H,26,27). The number of halogens is 1. The summed E-state index contributed by atoms with van der Waals surface area (Å²) in [5.74, 6) is -0.189. The maximum atomic E-state index is 13.4. The van der Waals surface area contributed by atoms with Gasteiger partial charge in [0.25, 0.3) is 0 Å². The molecule has 0 atom stereocenters. The van der Waals surface area contributed by atoms with Crippen molar-refractivity contribution in [2.24, 2.45) is 5.73 Å². The van der Waals surface area contributed by atoms with Crippen LogP contribution >= 0.6 is 0 Å². The van der Waals surface area contributed by atoms with E-state index in [1.165, 1.54) is 17.7 Å². The van der Waals surface area contributed by atoms with Gasteiger partial charge >= 0.3 is 0 Å². The highest BCUT2D eigenvalue weighted by Gasteiger charge is 2.12. The number of nitrogens with zero attached hydrogens (tertiary/aromatic N) is 3. The molecule has 0 unspecified atom stereocenters. The highest BCUT2D eigenvalue weighted by atomic mass is 19.1. The second kappa shape index (κ2) is 10.3. The van der Waals surface area contributed by atoms with Crippen molar-refractivity contribution >= 4 is 11.6 Å². The lowest BCUT2D eigenvalue weighted by molar-refractivity contribution is 0.405. The number of hydrogen-bond donors (Lipinski definition) is 3. The maximum Gasteiger partial charge on any atom is 0.188 e. The molecule has 29 heavy (non-hydrogen) atoms. The summed E-state index contributed by atoms with van der Waals surface area (Å²) >= 11 is 0. The van der Waals surface area contributed by atoms with Crippen LogP contribution in [0.5, 0.6) is 0 Å². The molecule has 152 valence electrons. The number of aryl methyl sites for hydroxylation is 1. The number of nitrogens with one attached hydrogen (secondary N) is 2. The van der Waals surface area contributed by atoms with Crippen molar-refractivity contribution in [3.63, 3.8) is 0 Å². The van der Waals surface area contributed by atoms with Crippen LogP contribution in [0.4, 0.5) is 10.1 Å². The first-order valence-electron chi connectivity index (χ1n) is 9.72. The molecule has 7 heteroatoms. The van der Waals surface area contributed by atoms with E-state index in [-0.39, 0.29) is 11.8 Å². The summed E-state index contributed by atoms with van der Waals surface area (Å²) in [7, 11) is 0. The molecule has 6 nitrogen and oxygen atoms in total. The number of guanidine groups is 1. The quantitative estimate of drug-likeness (QED) is 0.363. The van der Waals surface area contributed by atoms with Gasteiger partial charge in [0.1, 0.15) is 5.82 Å². The fourth-order valence-corrected chi connectivity index (χ4v) is 3.23. The second-order valence-electron chi connectivity index (χ2n) is 6.94. The molecule has 0 saturated carbocycles. The Morgan fingerprint density at radius 1 is 1.03 bits per heavy atom. The molecular formula is C22H27FN6. The van der Waals surface area contributed by atoms with E-state index in [4.69, 9.17) is 11.1 Å². The number of rotatable bonds is 10. The Balaban J connectivity index is 1.63. The summed E-state index contributed by atoms with van der Waals surface area (Å²) in [5, 5.41) is 7.92. The SMILES string of the molecule is N=C(N)N(CCCc1cnc[nH]1)CCN(Cc1ccccc1)c1ccc(F)cc1. The van der Waals surface area contributed by atoms with Crippen LogP contribution in [0.1, 0.15) is 17.7 Å². The molecule has 0 radical (unpaired) electrons. The summed E-state index contributed by atoms with van der Waals surface area (Å²) in [6.45, 7) is 2.68. The third kappa shape index (κ3) is 6.34. The number of aromatic amines is 1. The first-order valence-corrected chi connectivity index (χ1v) is 9.72. The van der Waals surface area contributed by atoms with Crippen molar-refractivity contribution < 1.29 is 4.39 Å². The predicted octanol–water partition coefficient (Wildman–Crippen LogP) is 3.38. The fraction of sp³-hybridized carbons (Fsp3) is 0.273. The van der Waals surface area contributed by atoms with Crippen molar-refractivity contribution in [1.29, 1.82) is 5.41 Å². The zero-order valence-electron chi connectivity index (χ0n) is 16.4. The van der Waals surface area contributed by atoms with Crippen LogP contribution in [0.25, 0.3) is 0 Å². The van der Waals surface area contributed by atoms with Crippen molar-refractivity contribution in [2.45, 2.75) is 19.4 Å². The number of imidazole rings is 1. The number of anilines is 1. The van der Waals surface area contributed by atoms with Gasteiger partial charge in [0.05, 0.1) is 6.33 Å². The molecule has 0 spiro atoms. The van der Waals surface area contributed by atoms with E-state index in [2.05, 4.69) is 27.0 Å². The van der Waals surface area contributed by atoms with Crippen LogP contribution in [0.15, 0.2) is 67.1 Å². The van der Waals surface area contributed by atoms with Gasteiger partial charge in [-0.15, -0.1) is 0 Å². The van der Waals surface area contributed by atoms with E-state index in [1.54, 1.807) is 18.5 Å². The first-order chi connectivity index (χ1) is 14.1. The van der Waals surface area contributed by atoms with E-state index in [0.717, 1.165) is 24.2 Å². The van der Waals surface area contributed by atoms with Crippen LogP contribution < -0.4 is 10.6 Å². The Hall–Kier alpha value is -3.35. The molecule has 1 heterocycles. The van der Waals surface area contributed by atoms with E-state index in [9.17, 15) is 4.39 Å². The Morgan fingerprint density at radius 2 is 1.79 bits per heavy atom. The Bertz CT molecular complexity index is 864. The van der Waals surface area contributed by atoms with Gasteiger partial charge in [-0.2, -0.15) is 0 Å². The third-order valence-electron chi connectivity index (χ3n) is 4.82. The van der Waals surface area contributed by atoms with E-state index in [0.29, 0.717) is 26.2 Å². The lowest BCUT2D eigenvalue weighted by atomic mass is 10.2. The van der Waals surface area contributed by atoms with Gasteiger partial charge in [0, 0.05) is 43.8 Å². The largest absolute Gasteiger partial charge is 0.370 e. The number of hydrogen-bond acceptors (Lipinski definition) is 3. The molecule has 0 aliphatic rings. The van der Waals surface area contributed by atoms with E-state index < -0.39 is 0 Å². The van der Waals surface area contributed by atoms with Crippen LogP contribution in [-0.2, 0) is 13.0 Å². The molecule has 0 fully saturated rings. The van der Waals surface area contributed by atoms with Crippen molar-refractivity contribution in [2.75, 3.05) is 24.5 Å². The van der Waals surface area contributed by atoms with Gasteiger partial charge < -0.3 is 20.5 Å². The molecule has 3 rings (SSSR count). The van der Waals surface area contributed by atoms with Crippen molar-refractivity contribution in [3.05, 3.63) is 84.2 Å². The van der Waals surface area contributed by atoms with Crippen LogP contribution in [-0.4, -0.2) is 40.5 Å². The monoisotopic (exact) mass is 394 g/mol. The zero-order chi connectivity index (χ0) is 20.5. The average Bonchev–Trinajstić information content (AvgIpc) is 3.24. The molecule has 3 aromatic rings. The lowest BCUT2D eigenvalue weighted by Gasteiger charge is -2.29. The smallest absolute Gasteiger partial charge is 0.188 e. The molecule has 0 amide bonds. The minimum Gasteiger partial charge on any atom is -0.370 e. The Morgan fingerprint density at radius 3 is 2.45 bits per heavy atom. The van der Waals surface area contributed by atoms with E-state index >= 15 is 0 Å². The summed E-state index contributed by atoms with van der Waals surface area (Å²) < 4.78 is 13.4. The number of aromatic nitrogens is 2. The second-order valence-corrected chi connectivity index (χ2v) is 6.94. The van der Waals surface area contributed by atoms with E-state index in [1.807, 2.05) is 29.3 Å². The molecule has 2 aromatic carbocycles. The fourth-order valence-electron chi connectivity index (χ4n) is 3.23. The molecule has 0 aliphatic carbocycles. The minimum atomic E-state index is -0.252. The van der Waals surface area contributed by atoms with Gasteiger partial charge in [0.2, 0.25) is 0 Å². The molecule has 0 saturated heterocycles.